The number of carbonyl (C=O) groups is 2. The Balaban J connectivity index is 1.80. The van der Waals surface area contributed by atoms with Gasteiger partial charge in [-0.05, 0) is 37.6 Å². The van der Waals surface area contributed by atoms with Gasteiger partial charge in [0.05, 0.1) is 0 Å². The van der Waals surface area contributed by atoms with Gasteiger partial charge in [0.15, 0.2) is 0 Å². The Morgan fingerprint density at radius 3 is 2.52 bits per heavy atom. The summed E-state index contributed by atoms with van der Waals surface area (Å²) in [6, 6.07) is 14.9. The lowest BCUT2D eigenvalue weighted by atomic mass is 10.2. The quantitative estimate of drug-likeness (QED) is 0.712. The maximum atomic E-state index is 12.6. The zero-order valence-corrected chi connectivity index (χ0v) is 16.0. The van der Waals surface area contributed by atoms with Crippen molar-refractivity contribution in [2.75, 3.05) is 18.4 Å². The van der Waals surface area contributed by atoms with Gasteiger partial charge in [-0.2, -0.15) is 0 Å². The molecule has 27 heavy (non-hydrogen) atoms. The van der Waals surface area contributed by atoms with Crippen molar-refractivity contribution >= 4 is 17.6 Å². The van der Waals surface area contributed by atoms with Crippen LogP contribution in [0.3, 0.4) is 0 Å². The second-order valence-corrected chi connectivity index (χ2v) is 6.42. The maximum Gasteiger partial charge on any atom is 0.322 e. The van der Waals surface area contributed by atoms with Crippen LogP contribution in [0.25, 0.3) is 0 Å². The minimum Gasteiger partial charge on any atom is -0.356 e. The van der Waals surface area contributed by atoms with Gasteiger partial charge in [-0.15, -0.1) is 0 Å². The van der Waals surface area contributed by atoms with E-state index in [2.05, 4.69) is 15.6 Å². The molecule has 1 atom stereocenters. The van der Waals surface area contributed by atoms with Crippen molar-refractivity contribution in [3.63, 3.8) is 0 Å². The van der Waals surface area contributed by atoms with Crippen LogP contribution in [0.2, 0.25) is 0 Å². The summed E-state index contributed by atoms with van der Waals surface area (Å²) in [6.07, 6.45) is 3.53. The van der Waals surface area contributed by atoms with Crippen LogP contribution in [0.5, 0.6) is 0 Å². The molecule has 0 spiro atoms. The average molecular weight is 368 g/mol. The van der Waals surface area contributed by atoms with Crippen molar-refractivity contribution in [3.05, 3.63) is 60.4 Å². The lowest BCUT2D eigenvalue weighted by molar-refractivity contribution is -0.121. The summed E-state index contributed by atoms with van der Waals surface area (Å²) in [6.45, 7) is 4.93. The standard InChI is InChI=1S/C21H28N4O2/c1-3-17(2)25(21(27)24-19-10-5-4-6-11-19)16-13-20(26)23-15-12-18-9-7-8-14-22-18/h4-11,14,17H,3,12-13,15-16H2,1-2H3,(H,23,26)(H,24,27). The monoisotopic (exact) mass is 368 g/mol. The summed E-state index contributed by atoms with van der Waals surface area (Å²) in [5, 5.41) is 5.79. The van der Waals surface area contributed by atoms with Crippen molar-refractivity contribution in [2.24, 2.45) is 0 Å². The fourth-order valence-corrected chi connectivity index (χ4v) is 2.65. The van der Waals surface area contributed by atoms with E-state index in [0.29, 0.717) is 19.5 Å². The number of benzene rings is 1. The van der Waals surface area contributed by atoms with E-state index in [1.54, 1.807) is 11.1 Å². The second kappa shape index (κ2) is 11.0. The molecule has 1 unspecified atom stereocenters. The van der Waals surface area contributed by atoms with Crippen molar-refractivity contribution in [3.8, 4) is 0 Å². The van der Waals surface area contributed by atoms with E-state index < -0.39 is 0 Å². The van der Waals surface area contributed by atoms with E-state index in [9.17, 15) is 9.59 Å². The number of rotatable bonds is 9. The van der Waals surface area contributed by atoms with E-state index in [1.807, 2.05) is 62.4 Å². The van der Waals surface area contributed by atoms with Crippen LogP contribution in [0.1, 0.15) is 32.4 Å². The van der Waals surface area contributed by atoms with Crippen molar-refractivity contribution in [2.45, 2.75) is 39.2 Å². The normalized spacial score (nSPS) is 11.5. The van der Waals surface area contributed by atoms with E-state index in [1.165, 1.54) is 0 Å². The number of anilines is 1. The Labute approximate surface area is 161 Å². The van der Waals surface area contributed by atoms with Gasteiger partial charge in [0.25, 0.3) is 0 Å². The first-order valence-corrected chi connectivity index (χ1v) is 9.39. The number of carbonyl (C=O) groups excluding carboxylic acids is 2. The predicted molar refractivity (Wildman–Crippen MR) is 107 cm³/mol. The highest BCUT2D eigenvalue weighted by Crippen LogP contribution is 2.11. The molecular formula is C21H28N4O2. The minimum atomic E-state index is -0.183. The summed E-state index contributed by atoms with van der Waals surface area (Å²) in [4.78, 5) is 30.7. The first-order chi connectivity index (χ1) is 13.1. The highest BCUT2D eigenvalue weighted by molar-refractivity contribution is 5.89. The molecule has 0 aliphatic rings. The van der Waals surface area contributed by atoms with Crippen LogP contribution < -0.4 is 10.6 Å². The molecule has 0 aliphatic carbocycles. The Kier molecular flexibility index (Phi) is 8.29. The largest absolute Gasteiger partial charge is 0.356 e. The molecule has 0 fully saturated rings. The van der Waals surface area contributed by atoms with E-state index in [0.717, 1.165) is 17.8 Å². The number of nitrogens with zero attached hydrogens (tertiary/aromatic N) is 2. The van der Waals surface area contributed by atoms with Crippen LogP contribution in [0, 0.1) is 0 Å². The Morgan fingerprint density at radius 2 is 1.85 bits per heavy atom. The zero-order valence-electron chi connectivity index (χ0n) is 16.0. The Morgan fingerprint density at radius 1 is 1.11 bits per heavy atom. The molecule has 2 N–H and O–H groups in total. The van der Waals surface area contributed by atoms with Gasteiger partial charge in [-0.25, -0.2) is 4.79 Å². The first-order valence-electron chi connectivity index (χ1n) is 9.39. The van der Waals surface area contributed by atoms with Gasteiger partial charge < -0.3 is 15.5 Å². The van der Waals surface area contributed by atoms with Crippen LogP contribution in [-0.2, 0) is 11.2 Å². The molecule has 0 saturated carbocycles. The van der Waals surface area contributed by atoms with E-state index >= 15 is 0 Å². The van der Waals surface area contributed by atoms with Gasteiger partial charge in [0, 0.05) is 49.6 Å². The number of urea groups is 1. The van der Waals surface area contributed by atoms with Crippen molar-refractivity contribution in [1.82, 2.24) is 15.2 Å². The molecule has 2 aromatic rings. The molecule has 1 aromatic heterocycles. The summed E-state index contributed by atoms with van der Waals surface area (Å²) in [7, 11) is 0. The molecule has 2 rings (SSSR count). The SMILES string of the molecule is CCC(C)N(CCC(=O)NCCc1ccccn1)C(=O)Nc1ccccc1. The lowest BCUT2D eigenvalue weighted by Gasteiger charge is -2.28. The van der Waals surface area contributed by atoms with Gasteiger partial charge in [-0.3, -0.25) is 9.78 Å². The van der Waals surface area contributed by atoms with Gasteiger partial charge in [0.2, 0.25) is 5.91 Å². The number of hydrogen-bond acceptors (Lipinski definition) is 3. The minimum absolute atomic E-state index is 0.0510. The summed E-state index contributed by atoms with van der Waals surface area (Å²) < 4.78 is 0. The third-order valence-corrected chi connectivity index (χ3v) is 4.42. The molecule has 0 saturated heterocycles. The topological polar surface area (TPSA) is 74.3 Å². The highest BCUT2D eigenvalue weighted by atomic mass is 16.2. The molecule has 144 valence electrons. The third kappa shape index (κ3) is 7.09. The molecule has 6 heteroatoms. The van der Waals surface area contributed by atoms with Crippen LogP contribution >= 0.6 is 0 Å². The van der Waals surface area contributed by atoms with Gasteiger partial charge in [0.1, 0.15) is 0 Å². The van der Waals surface area contributed by atoms with Crippen LogP contribution in [0.15, 0.2) is 54.7 Å². The van der Waals surface area contributed by atoms with E-state index in [4.69, 9.17) is 0 Å². The Hall–Kier alpha value is -2.89. The van der Waals surface area contributed by atoms with Crippen LogP contribution in [0.4, 0.5) is 10.5 Å². The summed E-state index contributed by atoms with van der Waals surface area (Å²) >= 11 is 0. The number of pyridine rings is 1. The fraction of sp³-hybridized carbons (Fsp3) is 0.381. The first kappa shape index (κ1) is 20.4. The average Bonchev–Trinajstić information content (AvgIpc) is 2.69. The lowest BCUT2D eigenvalue weighted by Crippen LogP contribution is -2.43. The fourth-order valence-electron chi connectivity index (χ4n) is 2.65. The molecular weight excluding hydrogens is 340 g/mol. The van der Waals surface area contributed by atoms with Gasteiger partial charge in [-0.1, -0.05) is 31.2 Å². The van der Waals surface area contributed by atoms with Gasteiger partial charge >= 0.3 is 6.03 Å². The highest BCUT2D eigenvalue weighted by Gasteiger charge is 2.19. The summed E-state index contributed by atoms with van der Waals surface area (Å²) in [5.41, 5.74) is 1.69. The van der Waals surface area contributed by atoms with E-state index in [-0.39, 0.29) is 24.4 Å². The number of aromatic nitrogens is 1. The van der Waals surface area contributed by atoms with Crippen molar-refractivity contribution < 1.29 is 9.59 Å². The maximum absolute atomic E-state index is 12.6. The number of amides is 3. The van der Waals surface area contributed by atoms with Crippen LogP contribution in [-0.4, -0.2) is 41.0 Å². The molecule has 6 nitrogen and oxygen atoms in total. The number of nitrogens with one attached hydrogen (secondary N) is 2. The number of para-hydroxylation sites is 1. The van der Waals surface area contributed by atoms with Crippen molar-refractivity contribution in [1.29, 1.82) is 0 Å². The molecule has 0 radical (unpaired) electrons. The number of hydrogen-bond donors (Lipinski definition) is 2. The molecule has 1 heterocycles. The zero-order chi connectivity index (χ0) is 19.5. The summed E-state index contributed by atoms with van der Waals surface area (Å²) in [5.74, 6) is -0.0632. The Bertz CT molecular complexity index is 707. The molecule has 3 amide bonds. The molecule has 0 bridgehead atoms. The smallest absolute Gasteiger partial charge is 0.322 e. The second-order valence-electron chi connectivity index (χ2n) is 6.42. The molecule has 0 aliphatic heterocycles. The molecule has 1 aromatic carbocycles. The predicted octanol–water partition coefficient (Wildman–Crippen LogP) is 3.46. The third-order valence-electron chi connectivity index (χ3n) is 4.42.